The fourth-order valence-corrected chi connectivity index (χ4v) is 5.14. The van der Waals surface area contributed by atoms with Crippen molar-refractivity contribution < 1.29 is 33.3 Å². The molecule has 0 saturated carbocycles. The minimum absolute atomic E-state index is 0.204. The number of benzene rings is 3. The third kappa shape index (κ3) is 13.3. The summed E-state index contributed by atoms with van der Waals surface area (Å²) in [7, 11) is 0. The molecule has 0 aliphatic heterocycles. The number of hydrogen-bond acceptors (Lipinski definition) is 7. The van der Waals surface area contributed by atoms with Gasteiger partial charge in [-0.15, -0.1) is 0 Å². The highest BCUT2D eigenvalue weighted by Crippen LogP contribution is 2.24. The van der Waals surface area contributed by atoms with E-state index in [0.29, 0.717) is 18.4 Å². The maximum absolute atomic E-state index is 12.7. The zero-order valence-electron chi connectivity index (χ0n) is 28.6. The second-order valence-electron chi connectivity index (χ2n) is 12.0. The van der Waals surface area contributed by atoms with Gasteiger partial charge >= 0.3 is 17.9 Å². The van der Waals surface area contributed by atoms with Crippen LogP contribution in [0.15, 0.2) is 72.8 Å². The quantitative estimate of drug-likeness (QED) is 0.0648. The topological polar surface area (TPSA) is 88.1 Å². The molecule has 0 fully saturated rings. The molecule has 0 aliphatic carbocycles. The molecule has 0 spiro atoms. The van der Waals surface area contributed by atoms with Crippen LogP contribution in [-0.4, -0.2) is 36.7 Å². The van der Waals surface area contributed by atoms with Crippen LogP contribution in [0, 0.1) is 0 Å². The highest BCUT2D eigenvalue weighted by Gasteiger charge is 2.23. The average molecular weight is 645 g/mol. The smallest absolute Gasteiger partial charge is 0.347 e. The minimum Gasteiger partial charge on any atom is -0.494 e. The molecule has 47 heavy (non-hydrogen) atoms. The molecule has 3 aromatic rings. The van der Waals surface area contributed by atoms with E-state index in [1.165, 1.54) is 89.0 Å². The van der Waals surface area contributed by atoms with Gasteiger partial charge in [0, 0.05) is 0 Å². The van der Waals surface area contributed by atoms with Crippen molar-refractivity contribution in [2.45, 2.75) is 117 Å². The number of carbonyl (C=O) groups is 3. The lowest BCUT2D eigenvalue weighted by molar-refractivity contribution is -0.158. The monoisotopic (exact) mass is 644 g/mol. The van der Waals surface area contributed by atoms with E-state index in [9.17, 15) is 14.4 Å². The van der Waals surface area contributed by atoms with E-state index in [0.717, 1.165) is 29.9 Å². The number of ether oxygens (including phenoxy) is 4. The van der Waals surface area contributed by atoms with E-state index >= 15 is 0 Å². The van der Waals surface area contributed by atoms with Crippen molar-refractivity contribution in [1.29, 1.82) is 0 Å². The molecule has 0 saturated heterocycles. The van der Waals surface area contributed by atoms with Gasteiger partial charge in [0.2, 0.25) is 0 Å². The van der Waals surface area contributed by atoms with Crippen LogP contribution in [0.3, 0.4) is 0 Å². The summed E-state index contributed by atoms with van der Waals surface area (Å²) in [6, 6.07) is 21.2. The van der Waals surface area contributed by atoms with Gasteiger partial charge in [0.15, 0.2) is 6.10 Å². The Bertz CT molecular complexity index is 1340. The fraction of sp³-hybridized carbons (Fsp3) is 0.475. The van der Waals surface area contributed by atoms with Gasteiger partial charge in [0.1, 0.15) is 17.6 Å². The molecular formula is C40H52O7. The van der Waals surface area contributed by atoms with Crippen LogP contribution in [-0.2, 0) is 14.3 Å². The molecular weight excluding hydrogens is 592 g/mol. The first-order chi connectivity index (χ1) is 22.8. The SMILES string of the molecule is CCCCCCCCCCCCOc1ccc(-c2ccc(C(=O)Oc3ccc(C(=O)OC(C)C(=O)OC(CC)CC)cc3)cc2)cc1. The molecule has 3 aromatic carbocycles. The van der Waals surface area contributed by atoms with E-state index in [1.807, 2.05) is 50.2 Å². The Morgan fingerprint density at radius 1 is 0.553 bits per heavy atom. The summed E-state index contributed by atoms with van der Waals surface area (Å²) in [6.07, 6.45) is 13.2. The predicted octanol–water partition coefficient (Wildman–Crippen LogP) is 10.1. The Morgan fingerprint density at radius 3 is 1.57 bits per heavy atom. The number of unbranched alkanes of at least 4 members (excludes halogenated alkanes) is 9. The molecule has 0 radical (unpaired) electrons. The molecule has 7 nitrogen and oxygen atoms in total. The first-order valence-corrected chi connectivity index (χ1v) is 17.4. The molecule has 0 aromatic heterocycles. The Morgan fingerprint density at radius 2 is 1.02 bits per heavy atom. The normalized spacial score (nSPS) is 11.6. The van der Waals surface area contributed by atoms with E-state index in [1.54, 1.807) is 12.1 Å². The van der Waals surface area contributed by atoms with Crippen molar-refractivity contribution in [3.63, 3.8) is 0 Å². The van der Waals surface area contributed by atoms with Crippen LogP contribution in [0.2, 0.25) is 0 Å². The largest absolute Gasteiger partial charge is 0.494 e. The highest BCUT2D eigenvalue weighted by atomic mass is 16.6. The van der Waals surface area contributed by atoms with Gasteiger partial charge in [0.05, 0.1) is 17.7 Å². The van der Waals surface area contributed by atoms with Gasteiger partial charge in [-0.25, -0.2) is 14.4 Å². The lowest BCUT2D eigenvalue weighted by Crippen LogP contribution is -2.29. The molecule has 0 amide bonds. The number of esters is 3. The van der Waals surface area contributed by atoms with E-state index in [2.05, 4.69) is 6.92 Å². The lowest BCUT2D eigenvalue weighted by atomic mass is 10.0. The zero-order chi connectivity index (χ0) is 33.9. The molecule has 254 valence electrons. The summed E-state index contributed by atoms with van der Waals surface area (Å²) in [5, 5.41) is 0. The Labute approximate surface area is 281 Å². The van der Waals surface area contributed by atoms with Crippen LogP contribution in [0.5, 0.6) is 11.5 Å². The third-order valence-corrected chi connectivity index (χ3v) is 8.18. The Hall–Kier alpha value is -4.13. The van der Waals surface area contributed by atoms with E-state index in [-0.39, 0.29) is 17.4 Å². The Balaban J connectivity index is 1.39. The van der Waals surface area contributed by atoms with Gasteiger partial charge in [-0.3, -0.25) is 0 Å². The van der Waals surface area contributed by atoms with Crippen molar-refractivity contribution in [3.05, 3.63) is 83.9 Å². The van der Waals surface area contributed by atoms with Crippen LogP contribution < -0.4 is 9.47 Å². The second kappa shape index (κ2) is 20.9. The molecule has 0 bridgehead atoms. The van der Waals surface area contributed by atoms with Crippen molar-refractivity contribution in [2.24, 2.45) is 0 Å². The molecule has 3 rings (SSSR count). The van der Waals surface area contributed by atoms with Crippen LogP contribution in [0.4, 0.5) is 0 Å². The standard InChI is InChI=1S/C40H52O7/c1-5-8-9-10-11-12-13-14-15-16-29-44-36-25-21-32(22-26-36)31-17-19-33(20-18-31)40(43)47-37-27-23-34(24-28-37)39(42)45-30(4)38(41)46-35(6-2)7-3/h17-28,30,35H,5-16,29H2,1-4H3. The first kappa shape index (κ1) is 37.3. The molecule has 1 unspecified atom stereocenters. The predicted molar refractivity (Wildman–Crippen MR) is 186 cm³/mol. The van der Waals surface area contributed by atoms with E-state index in [4.69, 9.17) is 18.9 Å². The fourth-order valence-electron chi connectivity index (χ4n) is 5.14. The molecule has 0 aliphatic rings. The van der Waals surface area contributed by atoms with Gasteiger partial charge in [-0.2, -0.15) is 0 Å². The first-order valence-electron chi connectivity index (χ1n) is 17.4. The van der Waals surface area contributed by atoms with Gasteiger partial charge in [-0.05, 0) is 85.8 Å². The number of rotatable bonds is 21. The molecule has 7 heteroatoms. The summed E-state index contributed by atoms with van der Waals surface area (Å²) in [4.78, 5) is 37.4. The number of hydrogen-bond donors (Lipinski definition) is 0. The van der Waals surface area contributed by atoms with E-state index < -0.39 is 24.0 Å². The van der Waals surface area contributed by atoms with Crippen molar-refractivity contribution in [3.8, 4) is 22.6 Å². The summed E-state index contributed by atoms with van der Waals surface area (Å²) in [5.74, 6) is -0.616. The van der Waals surface area contributed by atoms with Crippen molar-refractivity contribution in [1.82, 2.24) is 0 Å². The van der Waals surface area contributed by atoms with Crippen molar-refractivity contribution in [2.75, 3.05) is 6.61 Å². The van der Waals surface area contributed by atoms with Gasteiger partial charge in [-0.1, -0.05) is 103 Å². The van der Waals surface area contributed by atoms with Crippen LogP contribution >= 0.6 is 0 Å². The highest BCUT2D eigenvalue weighted by molar-refractivity contribution is 5.93. The van der Waals surface area contributed by atoms with Gasteiger partial charge < -0.3 is 18.9 Å². The van der Waals surface area contributed by atoms with Crippen LogP contribution in [0.25, 0.3) is 11.1 Å². The minimum atomic E-state index is -1.03. The summed E-state index contributed by atoms with van der Waals surface area (Å²) < 4.78 is 22.0. The number of carbonyl (C=O) groups excluding carboxylic acids is 3. The lowest BCUT2D eigenvalue weighted by Gasteiger charge is -2.18. The summed E-state index contributed by atoms with van der Waals surface area (Å²) in [6.45, 7) is 8.32. The summed E-state index contributed by atoms with van der Waals surface area (Å²) >= 11 is 0. The van der Waals surface area contributed by atoms with Crippen molar-refractivity contribution >= 4 is 17.9 Å². The average Bonchev–Trinajstić information content (AvgIpc) is 3.10. The Kier molecular flexibility index (Phi) is 16.6. The molecule has 0 heterocycles. The molecule has 1 atom stereocenters. The maximum Gasteiger partial charge on any atom is 0.347 e. The second-order valence-corrected chi connectivity index (χ2v) is 12.0. The zero-order valence-corrected chi connectivity index (χ0v) is 28.6. The summed E-state index contributed by atoms with van der Waals surface area (Å²) in [5.41, 5.74) is 2.63. The van der Waals surface area contributed by atoms with Gasteiger partial charge in [0.25, 0.3) is 0 Å². The third-order valence-electron chi connectivity index (χ3n) is 8.18. The maximum atomic E-state index is 12.7. The molecule has 0 N–H and O–H groups in total. The van der Waals surface area contributed by atoms with Crippen LogP contribution in [0.1, 0.15) is 125 Å².